The Hall–Kier alpha value is -1.12. The van der Waals surface area contributed by atoms with Gasteiger partial charge in [-0.2, -0.15) is 13.2 Å². The third-order valence-corrected chi connectivity index (χ3v) is 4.06. The number of benzene rings is 1. The lowest BCUT2D eigenvalue weighted by Crippen LogP contribution is -2.38. The molecule has 0 aliphatic rings. The molecule has 2 N–H and O–H groups in total. The van der Waals surface area contributed by atoms with Crippen LogP contribution in [0.5, 0.6) is 0 Å². The molecule has 20 heavy (non-hydrogen) atoms. The molecule has 0 radical (unpaired) electrons. The Morgan fingerprint density at radius 2 is 1.75 bits per heavy atom. The van der Waals surface area contributed by atoms with Gasteiger partial charge >= 0.3 is 6.18 Å². The quantitative estimate of drug-likeness (QED) is 0.845. The summed E-state index contributed by atoms with van der Waals surface area (Å²) in [4.78, 5) is -0.186. The second-order valence-electron chi connectivity index (χ2n) is 4.33. The maximum Gasteiger partial charge on any atom is 0.416 e. The molecule has 0 amide bonds. The summed E-state index contributed by atoms with van der Waals surface area (Å²) < 4.78 is 63.3. The third kappa shape index (κ3) is 4.77. The molecule has 0 aromatic heterocycles. The summed E-state index contributed by atoms with van der Waals surface area (Å²) in [6.45, 7) is 4.56. The zero-order valence-corrected chi connectivity index (χ0v) is 12.0. The average Bonchev–Trinajstić information content (AvgIpc) is 2.36. The highest BCUT2D eigenvalue weighted by Gasteiger charge is 2.30. The maximum atomic E-state index is 12.4. The van der Waals surface area contributed by atoms with E-state index in [9.17, 15) is 21.6 Å². The number of nitrogens with one attached hydrogen (secondary N) is 2. The summed E-state index contributed by atoms with van der Waals surface area (Å²) in [6.07, 6.45) is -4.48. The van der Waals surface area contributed by atoms with Crippen molar-refractivity contribution in [1.29, 1.82) is 0 Å². The zero-order chi connectivity index (χ0) is 15.4. The topological polar surface area (TPSA) is 58.2 Å². The van der Waals surface area contributed by atoms with Gasteiger partial charge in [-0.1, -0.05) is 6.92 Å². The summed E-state index contributed by atoms with van der Waals surface area (Å²) in [5.74, 6) is 0. The van der Waals surface area contributed by atoms with Crippen molar-refractivity contribution in [3.05, 3.63) is 29.8 Å². The van der Waals surface area contributed by atoms with Crippen molar-refractivity contribution in [2.75, 3.05) is 13.1 Å². The molecule has 0 aliphatic heterocycles. The molecule has 1 atom stereocenters. The van der Waals surface area contributed by atoms with Gasteiger partial charge in [0.2, 0.25) is 10.0 Å². The number of hydrogen-bond acceptors (Lipinski definition) is 3. The second kappa shape index (κ2) is 6.55. The number of rotatable bonds is 6. The predicted octanol–water partition coefficient (Wildman–Crippen LogP) is 1.98. The highest BCUT2D eigenvalue weighted by atomic mass is 32.2. The first-order valence-corrected chi connectivity index (χ1v) is 7.55. The van der Waals surface area contributed by atoms with Gasteiger partial charge in [-0.3, -0.25) is 0 Å². The highest BCUT2D eigenvalue weighted by molar-refractivity contribution is 7.89. The molecule has 1 aromatic rings. The van der Waals surface area contributed by atoms with Crippen LogP contribution in [-0.4, -0.2) is 27.5 Å². The van der Waals surface area contributed by atoms with E-state index in [4.69, 9.17) is 0 Å². The van der Waals surface area contributed by atoms with E-state index in [0.717, 1.165) is 24.3 Å². The molecule has 0 fully saturated rings. The molecule has 1 rings (SSSR count). The second-order valence-corrected chi connectivity index (χ2v) is 6.10. The van der Waals surface area contributed by atoms with Gasteiger partial charge in [-0.15, -0.1) is 0 Å². The summed E-state index contributed by atoms with van der Waals surface area (Å²) in [6, 6.07) is 3.33. The molecule has 0 bridgehead atoms. The third-order valence-electron chi connectivity index (χ3n) is 2.62. The average molecular weight is 310 g/mol. The molecule has 4 nitrogen and oxygen atoms in total. The first-order chi connectivity index (χ1) is 9.16. The van der Waals surface area contributed by atoms with Gasteiger partial charge in [0.1, 0.15) is 0 Å². The fraction of sp³-hybridized carbons (Fsp3) is 0.500. The highest BCUT2D eigenvalue weighted by Crippen LogP contribution is 2.29. The molecule has 1 aromatic carbocycles. The van der Waals surface area contributed by atoms with E-state index in [-0.39, 0.29) is 17.5 Å². The first kappa shape index (κ1) is 16.9. The molecule has 0 heterocycles. The first-order valence-electron chi connectivity index (χ1n) is 6.07. The van der Waals surface area contributed by atoms with Crippen molar-refractivity contribution in [2.45, 2.75) is 31.0 Å². The van der Waals surface area contributed by atoms with Gasteiger partial charge in [0.05, 0.1) is 10.5 Å². The minimum atomic E-state index is -4.48. The zero-order valence-electron chi connectivity index (χ0n) is 11.2. The number of halogens is 3. The van der Waals surface area contributed by atoms with E-state index in [0.29, 0.717) is 6.54 Å². The lowest BCUT2D eigenvalue weighted by molar-refractivity contribution is -0.137. The molecule has 0 saturated heterocycles. The van der Waals surface area contributed by atoms with Gasteiger partial charge in [0.25, 0.3) is 0 Å². The molecule has 0 aliphatic carbocycles. The fourth-order valence-electron chi connectivity index (χ4n) is 1.56. The lowest BCUT2D eigenvalue weighted by atomic mass is 10.2. The normalized spacial score (nSPS) is 14.2. The SMILES string of the molecule is CCN[C@H](C)CNS(=O)(=O)c1ccc(C(F)(F)F)cc1. The smallest absolute Gasteiger partial charge is 0.313 e. The van der Waals surface area contributed by atoms with Crippen LogP contribution in [0, 0.1) is 0 Å². The van der Waals surface area contributed by atoms with Gasteiger partial charge in [0.15, 0.2) is 0 Å². The van der Waals surface area contributed by atoms with E-state index in [2.05, 4.69) is 10.0 Å². The number of likely N-dealkylation sites (N-methyl/N-ethyl adjacent to an activating group) is 1. The van der Waals surface area contributed by atoms with Crippen LogP contribution < -0.4 is 10.0 Å². The number of alkyl halides is 3. The molecular formula is C12H17F3N2O2S. The van der Waals surface area contributed by atoms with Crippen LogP contribution in [0.2, 0.25) is 0 Å². The molecular weight excluding hydrogens is 293 g/mol. The number of sulfonamides is 1. The Kier molecular flexibility index (Phi) is 5.55. The Morgan fingerprint density at radius 3 is 2.20 bits per heavy atom. The van der Waals surface area contributed by atoms with Crippen molar-refractivity contribution in [3.63, 3.8) is 0 Å². The molecule has 8 heteroatoms. The van der Waals surface area contributed by atoms with Crippen LogP contribution in [0.25, 0.3) is 0 Å². The minimum Gasteiger partial charge on any atom is -0.313 e. The van der Waals surface area contributed by atoms with Gasteiger partial charge in [-0.25, -0.2) is 13.1 Å². The monoisotopic (exact) mass is 310 g/mol. The fourth-order valence-corrected chi connectivity index (χ4v) is 2.69. The minimum absolute atomic E-state index is 0.0655. The van der Waals surface area contributed by atoms with Crippen LogP contribution >= 0.6 is 0 Å². The lowest BCUT2D eigenvalue weighted by Gasteiger charge is -2.14. The van der Waals surface area contributed by atoms with Crippen molar-refractivity contribution in [2.24, 2.45) is 0 Å². The largest absolute Gasteiger partial charge is 0.416 e. The van der Waals surface area contributed by atoms with Crippen molar-refractivity contribution in [1.82, 2.24) is 10.0 Å². The Bertz CT molecular complexity index is 527. The van der Waals surface area contributed by atoms with E-state index in [1.165, 1.54) is 0 Å². The molecule has 0 saturated carbocycles. The van der Waals surface area contributed by atoms with Crippen molar-refractivity contribution >= 4 is 10.0 Å². The Labute approximate surface area is 116 Å². The van der Waals surface area contributed by atoms with Crippen LogP contribution in [0.4, 0.5) is 13.2 Å². The summed E-state index contributed by atoms with van der Waals surface area (Å²) in [7, 11) is -3.79. The van der Waals surface area contributed by atoms with Gasteiger partial charge in [0, 0.05) is 12.6 Å². The van der Waals surface area contributed by atoms with Crippen molar-refractivity contribution in [3.8, 4) is 0 Å². The molecule has 0 unspecified atom stereocenters. The van der Waals surface area contributed by atoms with Crippen LogP contribution in [0.1, 0.15) is 19.4 Å². The van der Waals surface area contributed by atoms with Crippen LogP contribution in [-0.2, 0) is 16.2 Å². The van der Waals surface area contributed by atoms with E-state index >= 15 is 0 Å². The van der Waals surface area contributed by atoms with Gasteiger partial charge in [-0.05, 0) is 37.7 Å². The van der Waals surface area contributed by atoms with Crippen LogP contribution in [0.3, 0.4) is 0 Å². The Balaban J connectivity index is 2.78. The van der Waals surface area contributed by atoms with Gasteiger partial charge < -0.3 is 5.32 Å². The number of hydrogen-bond donors (Lipinski definition) is 2. The predicted molar refractivity (Wildman–Crippen MR) is 69.8 cm³/mol. The maximum absolute atomic E-state index is 12.4. The van der Waals surface area contributed by atoms with E-state index in [1.807, 2.05) is 6.92 Å². The Morgan fingerprint density at radius 1 is 1.20 bits per heavy atom. The van der Waals surface area contributed by atoms with E-state index < -0.39 is 21.8 Å². The summed E-state index contributed by atoms with van der Waals surface area (Å²) in [5.41, 5.74) is -0.877. The molecule has 114 valence electrons. The summed E-state index contributed by atoms with van der Waals surface area (Å²) >= 11 is 0. The summed E-state index contributed by atoms with van der Waals surface area (Å²) in [5, 5.41) is 3.02. The van der Waals surface area contributed by atoms with Crippen molar-refractivity contribution < 1.29 is 21.6 Å². The van der Waals surface area contributed by atoms with E-state index in [1.54, 1.807) is 6.92 Å². The van der Waals surface area contributed by atoms with Crippen LogP contribution in [0.15, 0.2) is 29.2 Å². The molecule has 0 spiro atoms. The standard InChI is InChI=1S/C12H17F3N2O2S/c1-3-16-9(2)8-17-20(18,19)11-6-4-10(5-7-11)12(13,14)15/h4-7,9,16-17H,3,8H2,1-2H3/t9-/m1/s1.